The van der Waals surface area contributed by atoms with E-state index in [4.69, 9.17) is 0 Å². The topological polar surface area (TPSA) is 61.0 Å². The van der Waals surface area contributed by atoms with Crippen LogP contribution in [0, 0.1) is 10.1 Å². The summed E-state index contributed by atoms with van der Waals surface area (Å²) in [6.07, 6.45) is 4.65. The molecule has 2 aromatic rings. The van der Waals surface area contributed by atoms with E-state index in [2.05, 4.69) is 11.6 Å². The second-order valence-electron chi connectivity index (χ2n) is 3.61. The van der Waals surface area contributed by atoms with E-state index in [-0.39, 0.29) is 5.82 Å². The summed E-state index contributed by atoms with van der Waals surface area (Å²) < 4.78 is 1.68. The van der Waals surface area contributed by atoms with Gasteiger partial charge in [-0.3, -0.25) is 0 Å². The van der Waals surface area contributed by atoms with Gasteiger partial charge in [0, 0.05) is 0 Å². The van der Waals surface area contributed by atoms with E-state index < -0.39 is 4.92 Å². The molecule has 86 valence electrons. The fourth-order valence-corrected chi connectivity index (χ4v) is 1.50. The number of aromatic nitrogens is 2. The normalized spacial score (nSPS) is 10.1. The lowest BCUT2D eigenvalue weighted by Gasteiger charge is -2.01. The first-order chi connectivity index (χ1) is 8.19. The van der Waals surface area contributed by atoms with Gasteiger partial charge in [0.15, 0.2) is 0 Å². The van der Waals surface area contributed by atoms with Crippen LogP contribution in [-0.2, 0) is 6.54 Å². The third-order valence-corrected chi connectivity index (χ3v) is 2.39. The highest BCUT2D eigenvalue weighted by Gasteiger charge is 2.09. The maximum atomic E-state index is 10.5. The summed E-state index contributed by atoms with van der Waals surface area (Å²) in [6.45, 7) is 4.24. The summed E-state index contributed by atoms with van der Waals surface area (Å²) in [5.41, 5.74) is 2.10. The molecule has 5 nitrogen and oxygen atoms in total. The second kappa shape index (κ2) is 4.61. The maximum Gasteiger partial charge on any atom is 0.381 e. The Labute approximate surface area is 98.2 Å². The van der Waals surface area contributed by atoms with Gasteiger partial charge >= 0.3 is 5.82 Å². The number of nitro groups is 1. The zero-order valence-electron chi connectivity index (χ0n) is 9.11. The van der Waals surface area contributed by atoms with Crippen LogP contribution in [0.15, 0.2) is 43.4 Å². The Kier molecular flexibility index (Phi) is 3.00. The summed E-state index contributed by atoms with van der Waals surface area (Å²) in [4.78, 5) is 13.7. The Morgan fingerprint density at radius 3 is 2.65 bits per heavy atom. The predicted octanol–water partition coefficient (Wildman–Crippen LogP) is 2.48. The number of benzene rings is 1. The predicted molar refractivity (Wildman–Crippen MR) is 64.5 cm³/mol. The van der Waals surface area contributed by atoms with Gasteiger partial charge in [-0.15, -0.1) is 0 Å². The Balaban J connectivity index is 2.13. The van der Waals surface area contributed by atoms with Crippen LogP contribution < -0.4 is 0 Å². The van der Waals surface area contributed by atoms with Crippen LogP contribution in [-0.4, -0.2) is 14.5 Å². The van der Waals surface area contributed by atoms with Crippen molar-refractivity contribution < 1.29 is 4.92 Å². The molecule has 1 aromatic carbocycles. The summed E-state index contributed by atoms with van der Waals surface area (Å²) in [6, 6.07) is 7.83. The molecule has 1 heterocycles. The van der Waals surface area contributed by atoms with Gasteiger partial charge in [0.25, 0.3) is 0 Å². The highest BCUT2D eigenvalue weighted by Crippen LogP contribution is 2.10. The van der Waals surface area contributed by atoms with Gasteiger partial charge in [-0.25, -0.2) is 0 Å². The molecule has 5 heteroatoms. The van der Waals surface area contributed by atoms with Crippen LogP contribution in [0.3, 0.4) is 0 Å². The van der Waals surface area contributed by atoms with E-state index in [0.717, 1.165) is 11.1 Å². The minimum atomic E-state index is -0.503. The van der Waals surface area contributed by atoms with Gasteiger partial charge < -0.3 is 14.7 Å². The average molecular weight is 229 g/mol. The zero-order chi connectivity index (χ0) is 12.3. The largest absolute Gasteiger partial charge is 0.381 e. The molecule has 1 aromatic heterocycles. The van der Waals surface area contributed by atoms with Crippen molar-refractivity contribution in [1.82, 2.24) is 9.55 Å². The molecule has 0 unspecified atom stereocenters. The first kappa shape index (κ1) is 11.1. The van der Waals surface area contributed by atoms with Gasteiger partial charge in [-0.2, -0.15) is 0 Å². The lowest BCUT2D eigenvalue weighted by molar-refractivity contribution is -0.389. The van der Waals surface area contributed by atoms with Crippen molar-refractivity contribution in [2.75, 3.05) is 0 Å². The van der Waals surface area contributed by atoms with Crippen LogP contribution in [0.2, 0.25) is 0 Å². The molecular formula is C12H11N3O2. The van der Waals surface area contributed by atoms with E-state index in [1.165, 1.54) is 12.5 Å². The van der Waals surface area contributed by atoms with Crippen molar-refractivity contribution in [2.45, 2.75) is 6.54 Å². The molecule has 0 bridgehead atoms. The molecule has 0 saturated heterocycles. The number of hydrogen-bond donors (Lipinski definition) is 0. The van der Waals surface area contributed by atoms with Gasteiger partial charge in [0.05, 0.1) is 6.54 Å². The minimum absolute atomic E-state index is 0.132. The van der Waals surface area contributed by atoms with E-state index in [9.17, 15) is 10.1 Å². The number of hydrogen-bond acceptors (Lipinski definition) is 3. The SMILES string of the molecule is C=Cc1ccc(Cn2cnc([N+](=O)[O-])c2)cc1. The fraction of sp³-hybridized carbons (Fsp3) is 0.0833. The summed E-state index contributed by atoms with van der Waals surface area (Å²) in [5.74, 6) is -0.132. The van der Waals surface area contributed by atoms with Gasteiger partial charge in [-0.1, -0.05) is 36.9 Å². The standard InChI is InChI=1S/C12H11N3O2/c1-2-10-3-5-11(6-4-10)7-14-8-12(13-9-14)15(16)17/h2-6,8-9H,1,7H2. The van der Waals surface area contributed by atoms with Crippen molar-refractivity contribution in [3.05, 3.63) is 64.6 Å². The number of nitrogens with zero attached hydrogens (tertiary/aromatic N) is 3. The third-order valence-electron chi connectivity index (χ3n) is 2.39. The molecule has 0 fully saturated rings. The molecule has 2 rings (SSSR count). The lowest BCUT2D eigenvalue weighted by atomic mass is 10.1. The maximum absolute atomic E-state index is 10.5. The molecule has 0 saturated carbocycles. The highest BCUT2D eigenvalue weighted by atomic mass is 16.6. The third kappa shape index (κ3) is 2.57. The van der Waals surface area contributed by atoms with Crippen LogP contribution in [0.25, 0.3) is 6.08 Å². The van der Waals surface area contributed by atoms with Crippen LogP contribution in [0.5, 0.6) is 0 Å². The number of imidazole rings is 1. The Morgan fingerprint density at radius 1 is 1.41 bits per heavy atom. The Morgan fingerprint density at radius 2 is 2.12 bits per heavy atom. The fourth-order valence-electron chi connectivity index (χ4n) is 1.50. The molecular weight excluding hydrogens is 218 g/mol. The summed E-state index contributed by atoms with van der Waals surface area (Å²) in [5, 5.41) is 10.5. The first-order valence-corrected chi connectivity index (χ1v) is 5.06. The van der Waals surface area contributed by atoms with Crippen LogP contribution in [0.1, 0.15) is 11.1 Å². The molecule has 0 amide bonds. The zero-order valence-corrected chi connectivity index (χ0v) is 9.11. The van der Waals surface area contributed by atoms with Crippen molar-refractivity contribution in [1.29, 1.82) is 0 Å². The van der Waals surface area contributed by atoms with Crippen LogP contribution in [0.4, 0.5) is 5.82 Å². The molecule has 0 atom stereocenters. The number of rotatable bonds is 4. The molecule has 0 N–H and O–H groups in total. The van der Waals surface area contributed by atoms with Crippen molar-refractivity contribution in [2.24, 2.45) is 0 Å². The smallest absolute Gasteiger partial charge is 0.358 e. The summed E-state index contributed by atoms with van der Waals surface area (Å²) >= 11 is 0. The van der Waals surface area contributed by atoms with E-state index in [1.54, 1.807) is 10.6 Å². The van der Waals surface area contributed by atoms with Gasteiger partial charge in [0.1, 0.15) is 6.20 Å². The van der Waals surface area contributed by atoms with E-state index >= 15 is 0 Å². The molecule has 17 heavy (non-hydrogen) atoms. The van der Waals surface area contributed by atoms with E-state index in [0.29, 0.717) is 6.54 Å². The molecule has 0 aliphatic rings. The lowest BCUT2D eigenvalue weighted by Crippen LogP contribution is -1.96. The molecule has 0 radical (unpaired) electrons. The Hall–Kier alpha value is -2.43. The second-order valence-corrected chi connectivity index (χ2v) is 3.61. The van der Waals surface area contributed by atoms with Gasteiger partial charge in [0.2, 0.25) is 6.33 Å². The molecule has 0 aliphatic carbocycles. The van der Waals surface area contributed by atoms with E-state index in [1.807, 2.05) is 24.3 Å². The van der Waals surface area contributed by atoms with Crippen molar-refractivity contribution >= 4 is 11.9 Å². The average Bonchev–Trinajstić information content (AvgIpc) is 2.79. The molecule has 0 aliphatic heterocycles. The van der Waals surface area contributed by atoms with Crippen LogP contribution >= 0.6 is 0 Å². The highest BCUT2D eigenvalue weighted by molar-refractivity contribution is 5.47. The monoisotopic (exact) mass is 229 g/mol. The molecule has 0 spiro atoms. The van der Waals surface area contributed by atoms with Gasteiger partial charge in [-0.05, 0) is 21.0 Å². The minimum Gasteiger partial charge on any atom is -0.358 e. The van der Waals surface area contributed by atoms with Crippen molar-refractivity contribution in [3.8, 4) is 0 Å². The first-order valence-electron chi connectivity index (χ1n) is 5.06. The van der Waals surface area contributed by atoms with Crippen molar-refractivity contribution in [3.63, 3.8) is 0 Å². The quantitative estimate of drug-likeness (QED) is 0.597. The Bertz CT molecular complexity index is 543. The summed E-state index contributed by atoms with van der Waals surface area (Å²) in [7, 11) is 0.